The number of aryl methyl sites for hydroxylation is 1. The van der Waals surface area contributed by atoms with Crippen molar-refractivity contribution in [1.29, 1.82) is 0 Å². The summed E-state index contributed by atoms with van der Waals surface area (Å²) in [6.45, 7) is 3.55. The van der Waals surface area contributed by atoms with Crippen LogP contribution < -0.4 is 0 Å². The molecule has 1 heterocycles. The molecule has 2 aromatic rings. The van der Waals surface area contributed by atoms with Gasteiger partial charge in [0.15, 0.2) is 5.82 Å². The second-order valence-electron chi connectivity index (χ2n) is 3.52. The molecule has 6 heteroatoms. The summed E-state index contributed by atoms with van der Waals surface area (Å²) in [6, 6.07) is 4.85. The third-order valence-corrected chi connectivity index (χ3v) is 2.38. The van der Waals surface area contributed by atoms with Crippen LogP contribution in [0, 0.1) is 12.7 Å². The molecule has 0 fully saturated rings. The van der Waals surface area contributed by atoms with Crippen LogP contribution in [0.1, 0.15) is 23.7 Å². The summed E-state index contributed by atoms with van der Waals surface area (Å²) in [5, 5.41) is 10.6. The molecule has 4 nitrogen and oxygen atoms in total. The highest BCUT2D eigenvalue weighted by atomic mass is 35.5. The van der Waals surface area contributed by atoms with Crippen LogP contribution in [-0.2, 0) is 0 Å². The minimum absolute atomic E-state index is 0.304. The average molecular weight is 241 g/mol. The van der Waals surface area contributed by atoms with E-state index in [1.54, 1.807) is 19.1 Å². The van der Waals surface area contributed by atoms with E-state index >= 15 is 0 Å². The van der Waals surface area contributed by atoms with E-state index < -0.39 is 0 Å². The minimum atomic E-state index is -0.379. The maximum Gasteiger partial charge on any atom is 0.174 e. The fourth-order valence-corrected chi connectivity index (χ4v) is 1.53. The van der Waals surface area contributed by atoms with Gasteiger partial charge in [0.25, 0.3) is 0 Å². The van der Waals surface area contributed by atoms with E-state index in [0.717, 1.165) is 5.56 Å². The topological polar surface area (TPSA) is 43.6 Å². The fraction of sp³-hybridized carbons (Fsp3) is 0.300. The van der Waals surface area contributed by atoms with Crippen molar-refractivity contribution in [2.75, 3.05) is 0 Å². The second-order valence-corrected chi connectivity index (χ2v) is 4.17. The number of halogens is 2. The number of rotatable bonds is 2. The van der Waals surface area contributed by atoms with E-state index in [9.17, 15) is 4.39 Å². The standard InChI is InChI=1S/C10H10ClFN4/c1-6-3-4-9(8(12)5-6)16-10(7(2)11)13-14-15-16/h3-5,7H,1-2H3. The van der Waals surface area contributed by atoms with E-state index in [-0.39, 0.29) is 11.2 Å². The van der Waals surface area contributed by atoms with Crippen molar-refractivity contribution in [2.45, 2.75) is 19.2 Å². The van der Waals surface area contributed by atoms with Gasteiger partial charge in [-0.3, -0.25) is 0 Å². The Hall–Kier alpha value is -1.49. The van der Waals surface area contributed by atoms with Crippen molar-refractivity contribution in [1.82, 2.24) is 20.2 Å². The van der Waals surface area contributed by atoms with E-state index in [4.69, 9.17) is 11.6 Å². The molecular formula is C10H10ClFN4. The summed E-state index contributed by atoms with van der Waals surface area (Å²) in [5.74, 6) is 0.0512. The number of alkyl halides is 1. The van der Waals surface area contributed by atoms with Crippen molar-refractivity contribution in [3.8, 4) is 5.69 Å². The van der Waals surface area contributed by atoms with Crippen LogP contribution >= 0.6 is 11.6 Å². The SMILES string of the molecule is Cc1ccc(-n2nnnc2C(C)Cl)c(F)c1. The zero-order chi connectivity index (χ0) is 11.7. The number of benzene rings is 1. The molecule has 0 saturated heterocycles. The maximum absolute atomic E-state index is 13.7. The molecular weight excluding hydrogens is 231 g/mol. The first kappa shape index (κ1) is 11.0. The molecule has 0 saturated carbocycles. The van der Waals surface area contributed by atoms with Gasteiger partial charge in [0.05, 0.1) is 5.38 Å². The molecule has 0 bridgehead atoms. The van der Waals surface area contributed by atoms with Crippen LogP contribution in [0.2, 0.25) is 0 Å². The van der Waals surface area contributed by atoms with Crippen LogP contribution in [0.3, 0.4) is 0 Å². The van der Waals surface area contributed by atoms with E-state index in [1.165, 1.54) is 10.7 Å². The van der Waals surface area contributed by atoms with Crippen molar-refractivity contribution >= 4 is 11.6 Å². The van der Waals surface area contributed by atoms with Gasteiger partial charge in [-0.05, 0) is 42.0 Å². The lowest BCUT2D eigenvalue weighted by Crippen LogP contribution is -2.06. The van der Waals surface area contributed by atoms with Gasteiger partial charge in [-0.15, -0.1) is 16.7 Å². The van der Waals surface area contributed by atoms with Crippen molar-refractivity contribution in [3.63, 3.8) is 0 Å². The maximum atomic E-state index is 13.7. The van der Waals surface area contributed by atoms with Gasteiger partial charge in [0, 0.05) is 0 Å². The van der Waals surface area contributed by atoms with E-state index in [0.29, 0.717) is 11.5 Å². The molecule has 0 radical (unpaired) electrons. The predicted octanol–water partition coefficient (Wildman–Crippen LogP) is 2.41. The number of tetrazole rings is 1. The molecule has 0 amide bonds. The lowest BCUT2D eigenvalue weighted by molar-refractivity contribution is 0.601. The first-order chi connectivity index (χ1) is 7.59. The highest BCUT2D eigenvalue weighted by molar-refractivity contribution is 6.20. The second kappa shape index (κ2) is 4.17. The summed E-state index contributed by atoms with van der Waals surface area (Å²) in [7, 11) is 0. The molecule has 1 aromatic carbocycles. The van der Waals surface area contributed by atoms with E-state index in [2.05, 4.69) is 15.5 Å². The Morgan fingerprint density at radius 2 is 2.19 bits per heavy atom. The van der Waals surface area contributed by atoms with Crippen molar-refractivity contribution in [2.24, 2.45) is 0 Å². The number of hydrogen-bond donors (Lipinski definition) is 0. The fourth-order valence-electron chi connectivity index (χ4n) is 1.40. The van der Waals surface area contributed by atoms with Crippen molar-refractivity contribution in [3.05, 3.63) is 35.4 Å². The molecule has 0 aliphatic carbocycles. The van der Waals surface area contributed by atoms with Gasteiger partial charge >= 0.3 is 0 Å². The summed E-state index contributed by atoms with van der Waals surface area (Å²) in [4.78, 5) is 0. The van der Waals surface area contributed by atoms with Crippen molar-refractivity contribution < 1.29 is 4.39 Å². The number of hydrogen-bond acceptors (Lipinski definition) is 3. The van der Waals surface area contributed by atoms with Crippen LogP contribution in [-0.4, -0.2) is 20.2 Å². The average Bonchev–Trinajstić information content (AvgIpc) is 2.66. The zero-order valence-corrected chi connectivity index (χ0v) is 9.61. The first-order valence-corrected chi connectivity index (χ1v) is 5.22. The van der Waals surface area contributed by atoms with E-state index in [1.807, 2.05) is 6.92 Å². The van der Waals surface area contributed by atoms with Crippen LogP contribution in [0.15, 0.2) is 18.2 Å². The largest absolute Gasteiger partial charge is 0.205 e. The molecule has 1 unspecified atom stereocenters. The lowest BCUT2D eigenvalue weighted by Gasteiger charge is -2.07. The molecule has 16 heavy (non-hydrogen) atoms. The first-order valence-electron chi connectivity index (χ1n) is 4.78. The highest BCUT2D eigenvalue weighted by Gasteiger charge is 2.15. The predicted molar refractivity (Wildman–Crippen MR) is 58.1 cm³/mol. The Morgan fingerprint density at radius 1 is 1.44 bits per heavy atom. The quantitative estimate of drug-likeness (QED) is 0.757. The third-order valence-electron chi connectivity index (χ3n) is 2.18. The summed E-state index contributed by atoms with van der Waals surface area (Å²) < 4.78 is 15.0. The Kier molecular flexibility index (Phi) is 2.87. The highest BCUT2D eigenvalue weighted by Crippen LogP contribution is 2.21. The van der Waals surface area contributed by atoms with Crippen LogP contribution in [0.5, 0.6) is 0 Å². The molecule has 2 rings (SSSR count). The Morgan fingerprint density at radius 3 is 2.81 bits per heavy atom. The van der Waals surface area contributed by atoms with Crippen LogP contribution in [0.4, 0.5) is 4.39 Å². The molecule has 1 atom stereocenters. The lowest BCUT2D eigenvalue weighted by atomic mass is 10.2. The minimum Gasteiger partial charge on any atom is -0.205 e. The van der Waals surface area contributed by atoms with Gasteiger partial charge in [-0.25, -0.2) is 4.39 Å². The monoisotopic (exact) mass is 240 g/mol. The molecule has 0 aliphatic rings. The van der Waals surface area contributed by atoms with Gasteiger partial charge in [0.2, 0.25) is 0 Å². The Balaban J connectivity index is 2.54. The zero-order valence-electron chi connectivity index (χ0n) is 8.85. The van der Waals surface area contributed by atoms with Gasteiger partial charge in [-0.2, -0.15) is 4.68 Å². The summed E-state index contributed by atoms with van der Waals surface area (Å²) >= 11 is 5.90. The molecule has 84 valence electrons. The molecule has 1 aromatic heterocycles. The van der Waals surface area contributed by atoms with Gasteiger partial charge < -0.3 is 0 Å². The van der Waals surface area contributed by atoms with Gasteiger partial charge in [0.1, 0.15) is 11.5 Å². The third kappa shape index (κ3) is 1.90. The molecule has 0 N–H and O–H groups in total. The Labute approximate surface area is 97.0 Å². The molecule has 0 spiro atoms. The smallest absolute Gasteiger partial charge is 0.174 e. The number of aromatic nitrogens is 4. The Bertz CT molecular complexity index is 509. The number of nitrogens with zero attached hydrogens (tertiary/aromatic N) is 4. The summed E-state index contributed by atoms with van der Waals surface area (Å²) in [5.41, 5.74) is 1.15. The van der Waals surface area contributed by atoms with Crippen LogP contribution in [0.25, 0.3) is 5.69 Å². The summed E-state index contributed by atoms with van der Waals surface area (Å²) in [6.07, 6.45) is 0. The van der Waals surface area contributed by atoms with Gasteiger partial charge in [-0.1, -0.05) is 6.07 Å². The normalized spacial score (nSPS) is 12.8. The molecule has 0 aliphatic heterocycles.